The van der Waals surface area contributed by atoms with Gasteiger partial charge in [0.2, 0.25) is 0 Å². The predicted octanol–water partition coefficient (Wildman–Crippen LogP) is 2.04. The maximum atomic E-state index is 11.7. The number of hydrogen-bond acceptors (Lipinski definition) is 5. The molecule has 1 aromatic heterocycles. The van der Waals surface area contributed by atoms with Crippen molar-refractivity contribution in [3.8, 4) is 0 Å². The van der Waals surface area contributed by atoms with Crippen molar-refractivity contribution in [2.24, 2.45) is 0 Å². The summed E-state index contributed by atoms with van der Waals surface area (Å²) in [5, 5.41) is 0.688. The molecule has 5 nitrogen and oxygen atoms in total. The predicted molar refractivity (Wildman–Crippen MR) is 72.8 cm³/mol. The van der Waals surface area contributed by atoms with Gasteiger partial charge in [-0.2, -0.15) is 0 Å². The lowest BCUT2D eigenvalue weighted by Gasteiger charge is -2.12. The number of rotatable bonds is 3. The van der Waals surface area contributed by atoms with E-state index in [4.69, 9.17) is 9.15 Å². The molecule has 2 rings (SSSR count). The Morgan fingerprint density at radius 3 is 2.68 bits per heavy atom. The molecule has 5 heteroatoms. The smallest absolute Gasteiger partial charge is 0.351 e. The van der Waals surface area contributed by atoms with Gasteiger partial charge < -0.3 is 14.1 Å². The van der Waals surface area contributed by atoms with Crippen molar-refractivity contribution in [3.63, 3.8) is 0 Å². The maximum Gasteiger partial charge on any atom is 0.351 e. The van der Waals surface area contributed by atoms with Gasteiger partial charge in [-0.15, -0.1) is 0 Å². The fourth-order valence-corrected chi connectivity index (χ4v) is 1.73. The first kappa shape index (κ1) is 13.1. The Hall–Kier alpha value is -2.30. The highest BCUT2D eigenvalue weighted by atomic mass is 16.5. The highest BCUT2D eigenvalue weighted by Crippen LogP contribution is 2.20. The van der Waals surface area contributed by atoms with E-state index in [0.717, 1.165) is 5.69 Å². The zero-order valence-corrected chi connectivity index (χ0v) is 11.1. The van der Waals surface area contributed by atoms with Crippen LogP contribution in [0.15, 0.2) is 33.5 Å². The lowest BCUT2D eigenvalue weighted by Crippen LogP contribution is -2.16. The van der Waals surface area contributed by atoms with Gasteiger partial charge in [0.25, 0.3) is 0 Å². The molecule has 0 radical (unpaired) electrons. The van der Waals surface area contributed by atoms with Gasteiger partial charge in [-0.05, 0) is 25.1 Å². The molecule has 0 bridgehead atoms. The number of benzene rings is 1. The van der Waals surface area contributed by atoms with Gasteiger partial charge in [0.15, 0.2) is 0 Å². The molecular formula is C14H15NO4. The number of fused-ring (bicyclic) bond motifs is 1. The minimum Gasteiger partial charge on any atom is -0.462 e. The quantitative estimate of drug-likeness (QED) is 0.625. The lowest BCUT2D eigenvalue weighted by molar-refractivity contribution is 0.0522. The largest absolute Gasteiger partial charge is 0.462 e. The number of carbonyl (C=O) groups is 1. The highest BCUT2D eigenvalue weighted by Gasteiger charge is 2.14. The van der Waals surface area contributed by atoms with Crippen LogP contribution < -0.4 is 10.5 Å². The Kier molecular flexibility index (Phi) is 3.55. The fraction of sp³-hybridized carbons (Fsp3) is 0.286. The third-order valence-corrected chi connectivity index (χ3v) is 2.73. The Morgan fingerprint density at radius 1 is 1.32 bits per heavy atom. The van der Waals surface area contributed by atoms with E-state index in [9.17, 15) is 9.59 Å². The van der Waals surface area contributed by atoms with E-state index in [0.29, 0.717) is 11.0 Å². The monoisotopic (exact) mass is 261 g/mol. The van der Waals surface area contributed by atoms with Crippen LogP contribution in [0.3, 0.4) is 0 Å². The summed E-state index contributed by atoms with van der Waals surface area (Å²) in [5.74, 6) is -0.658. The van der Waals surface area contributed by atoms with Crippen molar-refractivity contribution in [1.82, 2.24) is 0 Å². The van der Waals surface area contributed by atoms with Crippen LogP contribution in [0.5, 0.6) is 0 Å². The van der Waals surface area contributed by atoms with Crippen molar-refractivity contribution in [1.29, 1.82) is 0 Å². The Bertz CT molecular complexity index is 673. The molecule has 1 heterocycles. The topological polar surface area (TPSA) is 59.8 Å². The molecule has 0 aliphatic carbocycles. The van der Waals surface area contributed by atoms with Crippen LogP contribution in [0.4, 0.5) is 5.69 Å². The molecule has 1 aromatic carbocycles. The molecule has 0 aliphatic rings. The molecule has 0 atom stereocenters. The van der Waals surface area contributed by atoms with E-state index < -0.39 is 11.6 Å². The fourth-order valence-electron chi connectivity index (χ4n) is 1.73. The molecule has 19 heavy (non-hydrogen) atoms. The summed E-state index contributed by atoms with van der Waals surface area (Å²) in [5.41, 5.74) is 0.609. The third-order valence-electron chi connectivity index (χ3n) is 2.73. The average Bonchev–Trinajstić information content (AvgIpc) is 2.37. The van der Waals surface area contributed by atoms with Crippen LogP contribution in [-0.2, 0) is 4.74 Å². The van der Waals surface area contributed by atoms with Gasteiger partial charge in [-0.25, -0.2) is 9.59 Å². The number of ether oxygens (including phenoxy) is 1. The Morgan fingerprint density at radius 2 is 2.05 bits per heavy atom. The molecule has 0 unspecified atom stereocenters. The number of esters is 1. The van der Waals surface area contributed by atoms with Gasteiger partial charge in [0.1, 0.15) is 11.1 Å². The molecule has 0 fully saturated rings. The van der Waals surface area contributed by atoms with E-state index in [-0.39, 0.29) is 12.2 Å². The second kappa shape index (κ2) is 5.14. The summed E-state index contributed by atoms with van der Waals surface area (Å²) in [6, 6.07) is 6.94. The minimum atomic E-state index is -0.679. The summed E-state index contributed by atoms with van der Waals surface area (Å²) >= 11 is 0. The van der Waals surface area contributed by atoms with Crippen LogP contribution in [0.1, 0.15) is 17.3 Å². The second-order valence-corrected chi connectivity index (χ2v) is 4.28. The third kappa shape index (κ3) is 2.59. The molecule has 0 amide bonds. The molecule has 0 aliphatic heterocycles. The molecule has 0 saturated heterocycles. The van der Waals surface area contributed by atoms with Crippen LogP contribution in [0.2, 0.25) is 0 Å². The SMILES string of the molecule is CCOC(=O)c1cc2ccc(N(C)C)cc2oc1=O. The Balaban J connectivity index is 2.55. The molecular weight excluding hydrogens is 246 g/mol. The minimum absolute atomic E-state index is 0.0769. The first-order chi connectivity index (χ1) is 9.02. The average molecular weight is 261 g/mol. The van der Waals surface area contributed by atoms with Crippen molar-refractivity contribution < 1.29 is 13.9 Å². The van der Waals surface area contributed by atoms with Crippen LogP contribution in [0, 0.1) is 0 Å². The number of carbonyl (C=O) groups excluding carboxylic acids is 1. The summed E-state index contributed by atoms with van der Waals surface area (Å²) in [7, 11) is 3.79. The molecule has 2 aromatic rings. The first-order valence-corrected chi connectivity index (χ1v) is 5.95. The van der Waals surface area contributed by atoms with Crippen molar-refractivity contribution in [2.75, 3.05) is 25.6 Å². The van der Waals surface area contributed by atoms with Crippen LogP contribution >= 0.6 is 0 Å². The van der Waals surface area contributed by atoms with Crippen LogP contribution in [-0.4, -0.2) is 26.7 Å². The molecule has 0 saturated carbocycles. The summed E-state index contributed by atoms with van der Waals surface area (Å²) in [4.78, 5) is 25.2. The summed E-state index contributed by atoms with van der Waals surface area (Å²) in [6.07, 6.45) is 0. The van der Waals surface area contributed by atoms with E-state index in [1.807, 2.05) is 25.1 Å². The van der Waals surface area contributed by atoms with Gasteiger partial charge >= 0.3 is 11.6 Å². The van der Waals surface area contributed by atoms with Crippen molar-refractivity contribution in [2.45, 2.75) is 6.92 Å². The zero-order valence-electron chi connectivity index (χ0n) is 11.1. The lowest BCUT2D eigenvalue weighted by atomic mass is 10.1. The normalized spacial score (nSPS) is 10.5. The first-order valence-electron chi connectivity index (χ1n) is 5.95. The molecule has 100 valence electrons. The summed E-state index contributed by atoms with van der Waals surface area (Å²) in [6.45, 7) is 1.90. The van der Waals surface area contributed by atoms with Gasteiger partial charge in [0, 0.05) is 31.2 Å². The standard InChI is InChI=1S/C14H15NO4/c1-4-18-13(16)11-7-9-5-6-10(15(2)3)8-12(9)19-14(11)17/h5-8H,4H2,1-3H3. The number of nitrogens with zero attached hydrogens (tertiary/aromatic N) is 1. The van der Waals surface area contributed by atoms with Gasteiger partial charge in [-0.3, -0.25) is 0 Å². The summed E-state index contributed by atoms with van der Waals surface area (Å²) < 4.78 is 9.98. The molecule has 0 N–H and O–H groups in total. The van der Waals surface area contributed by atoms with Crippen LogP contribution in [0.25, 0.3) is 11.0 Å². The Labute approximate surface area is 110 Å². The zero-order chi connectivity index (χ0) is 14.0. The van der Waals surface area contributed by atoms with Crippen molar-refractivity contribution >= 4 is 22.6 Å². The maximum absolute atomic E-state index is 11.7. The van der Waals surface area contributed by atoms with Crippen molar-refractivity contribution in [3.05, 3.63) is 40.2 Å². The number of anilines is 1. The van der Waals surface area contributed by atoms with E-state index in [2.05, 4.69) is 0 Å². The van der Waals surface area contributed by atoms with E-state index >= 15 is 0 Å². The van der Waals surface area contributed by atoms with E-state index in [1.54, 1.807) is 19.1 Å². The van der Waals surface area contributed by atoms with E-state index in [1.165, 1.54) is 6.07 Å². The number of hydrogen-bond donors (Lipinski definition) is 0. The second-order valence-electron chi connectivity index (χ2n) is 4.28. The highest BCUT2D eigenvalue weighted by molar-refractivity contribution is 5.93. The van der Waals surface area contributed by atoms with Gasteiger partial charge in [0.05, 0.1) is 6.61 Å². The van der Waals surface area contributed by atoms with Gasteiger partial charge in [-0.1, -0.05) is 0 Å². The molecule has 0 spiro atoms.